The highest BCUT2D eigenvalue weighted by Gasteiger charge is 2.43. The summed E-state index contributed by atoms with van der Waals surface area (Å²) in [5.74, 6) is 1.21. The van der Waals surface area contributed by atoms with Crippen molar-refractivity contribution in [3.8, 4) is 0 Å². The van der Waals surface area contributed by atoms with E-state index in [2.05, 4.69) is 0 Å². The van der Waals surface area contributed by atoms with E-state index in [1.807, 2.05) is 4.90 Å². The fraction of sp³-hybridized carbons (Fsp3) is 0.867. The Morgan fingerprint density at radius 3 is 2.95 bits per heavy atom. The Balaban J connectivity index is 1.50. The molecular formula is C15H24N2O3S. The lowest BCUT2D eigenvalue weighted by atomic mass is 9.71. The molecule has 6 heteroatoms. The number of aliphatic hydroxyl groups is 1. The summed E-state index contributed by atoms with van der Waals surface area (Å²) in [6.45, 7) is 2.65. The van der Waals surface area contributed by atoms with Gasteiger partial charge in [-0.25, -0.2) is 0 Å². The molecule has 0 aromatic heterocycles. The zero-order valence-electron chi connectivity index (χ0n) is 12.4. The highest BCUT2D eigenvalue weighted by Crippen LogP contribution is 2.39. The molecule has 1 saturated carbocycles. The van der Waals surface area contributed by atoms with Crippen molar-refractivity contribution >= 4 is 22.9 Å². The fourth-order valence-electron chi connectivity index (χ4n) is 3.81. The van der Waals surface area contributed by atoms with Crippen LogP contribution in [0, 0.1) is 5.92 Å². The third kappa shape index (κ3) is 3.21. The summed E-state index contributed by atoms with van der Waals surface area (Å²) in [6.07, 6.45) is 5.31. The van der Waals surface area contributed by atoms with Crippen molar-refractivity contribution in [3.05, 3.63) is 0 Å². The van der Waals surface area contributed by atoms with E-state index in [9.17, 15) is 14.7 Å². The van der Waals surface area contributed by atoms with Gasteiger partial charge in [0.1, 0.15) is 0 Å². The highest BCUT2D eigenvalue weighted by molar-refractivity contribution is 8.13. The van der Waals surface area contributed by atoms with E-state index in [0.29, 0.717) is 32.5 Å². The van der Waals surface area contributed by atoms with E-state index >= 15 is 0 Å². The monoisotopic (exact) mass is 312 g/mol. The molecule has 5 nitrogen and oxygen atoms in total. The Morgan fingerprint density at radius 2 is 2.19 bits per heavy atom. The Labute approximate surface area is 130 Å². The van der Waals surface area contributed by atoms with Gasteiger partial charge in [-0.15, -0.1) is 0 Å². The van der Waals surface area contributed by atoms with E-state index in [-0.39, 0.29) is 17.1 Å². The molecule has 3 aliphatic rings. The van der Waals surface area contributed by atoms with Crippen LogP contribution in [0.4, 0.5) is 4.79 Å². The van der Waals surface area contributed by atoms with Gasteiger partial charge in [-0.3, -0.25) is 9.59 Å². The first-order chi connectivity index (χ1) is 10.1. The van der Waals surface area contributed by atoms with Crippen molar-refractivity contribution in [1.29, 1.82) is 0 Å². The molecule has 118 valence electrons. The maximum atomic E-state index is 12.3. The van der Waals surface area contributed by atoms with E-state index in [1.54, 1.807) is 4.90 Å². The first kappa shape index (κ1) is 15.2. The zero-order valence-corrected chi connectivity index (χ0v) is 13.2. The molecule has 21 heavy (non-hydrogen) atoms. The van der Waals surface area contributed by atoms with Gasteiger partial charge in [0.2, 0.25) is 5.91 Å². The number of rotatable bonds is 3. The van der Waals surface area contributed by atoms with Crippen molar-refractivity contribution in [1.82, 2.24) is 9.80 Å². The maximum Gasteiger partial charge on any atom is 0.281 e. The third-order valence-electron chi connectivity index (χ3n) is 5.22. The number of hydrogen-bond donors (Lipinski definition) is 1. The predicted octanol–water partition coefficient (Wildman–Crippen LogP) is 1.70. The minimum Gasteiger partial charge on any atom is -0.389 e. The standard InChI is InChI=1S/C15H24N2O3S/c18-13(4-7-16-9-10-21-14(16)19)17-8-6-15(20)5-2-1-3-12(15)11-17/h12,20H,1-11H2. The van der Waals surface area contributed by atoms with Crippen LogP contribution in [-0.2, 0) is 4.79 Å². The van der Waals surface area contributed by atoms with Gasteiger partial charge in [-0.2, -0.15) is 0 Å². The Bertz CT molecular complexity index is 431. The molecule has 0 bridgehead atoms. The van der Waals surface area contributed by atoms with Gasteiger partial charge < -0.3 is 14.9 Å². The van der Waals surface area contributed by atoms with Crippen molar-refractivity contribution in [2.75, 3.05) is 31.9 Å². The topological polar surface area (TPSA) is 60.9 Å². The van der Waals surface area contributed by atoms with Gasteiger partial charge in [0.25, 0.3) is 5.24 Å². The number of nitrogens with zero attached hydrogens (tertiary/aromatic N) is 2. The largest absolute Gasteiger partial charge is 0.389 e. The van der Waals surface area contributed by atoms with Gasteiger partial charge >= 0.3 is 0 Å². The zero-order chi connectivity index (χ0) is 14.9. The normalized spacial score (nSPS) is 33.2. The lowest BCUT2D eigenvalue weighted by Crippen LogP contribution is -2.54. The molecule has 1 N–H and O–H groups in total. The van der Waals surface area contributed by atoms with Gasteiger partial charge in [-0.1, -0.05) is 24.6 Å². The molecule has 0 spiro atoms. The lowest BCUT2D eigenvalue weighted by Gasteiger charge is -2.47. The SMILES string of the molecule is O=C(CCN1CCSC1=O)N1CCC2(O)CCCCC2C1. The molecule has 2 heterocycles. The second-order valence-electron chi connectivity index (χ2n) is 6.49. The molecule has 2 amide bonds. The highest BCUT2D eigenvalue weighted by atomic mass is 32.2. The molecule has 2 atom stereocenters. The summed E-state index contributed by atoms with van der Waals surface area (Å²) < 4.78 is 0. The number of carbonyl (C=O) groups excluding carboxylic acids is 2. The minimum absolute atomic E-state index is 0.100. The van der Waals surface area contributed by atoms with Crippen molar-refractivity contribution in [2.45, 2.75) is 44.1 Å². The number of thioether (sulfide) groups is 1. The van der Waals surface area contributed by atoms with Crippen LogP contribution in [-0.4, -0.2) is 63.6 Å². The summed E-state index contributed by atoms with van der Waals surface area (Å²) in [5.41, 5.74) is -0.531. The summed E-state index contributed by atoms with van der Waals surface area (Å²) in [5, 5.41) is 10.7. The van der Waals surface area contributed by atoms with E-state index < -0.39 is 5.60 Å². The van der Waals surface area contributed by atoms with Gasteiger partial charge in [-0.05, 0) is 19.3 Å². The summed E-state index contributed by atoms with van der Waals surface area (Å²) in [6, 6.07) is 0. The fourth-order valence-corrected chi connectivity index (χ4v) is 4.67. The van der Waals surface area contributed by atoms with Crippen molar-refractivity contribution < 1.29 is 14.7 Å². The maximum absolute atomic E-state index is 12.3. The smallest absolute Gasteiger partial charge is 0.281 e. The molecular weight excluding hydrogens is 288 g/mol. The minimum atomic E-state index is -0.531. The van der Waals surface area contributed by atoms with Crippen molar-refractivity contribution in [2.24, 2.45) is 5.92 Å². The van der Waals surface area contributed by atoms with Crippen LogP contribution in [0.5, 0.6) is 0 Å². The number of piperidine rings is 1. The van der Waals surface area contributed by atoms with Gasteiger partial charge in [0.05, 0.1) is 5.60 Å². The van der Waals surface area contributed by atoms with E-state index in [4.69, 9.17) is 0 Å². The first-order valence-electron chi connectivity index (χ1n) is 8.00. The summed E-state index contributed by atoms with van der Waals surface area (Å²) >= 11 is 1.34. The molecule has 0 radical (unpaired) electrons. The van der Waals surface area contributed by atoms with Crippen molar-refractivity contribution in [3.63, 3.8) is 0 Å². The second kappa shape index (κ2) is 6.16. The average molecular weight is 312 g/mol. The number of hydrogen-bond acceptors (Lipinski definition) is 4. The number of likely N-dealkylation sites (tertiary alicyclic amines) is 1. The quantitative estimate of drug-likeness (QED) is 0.861. The Morgan fingerprint density at radius 1 is 1.33 bits per heavy atom. The molecule has 3 rings (SSSR count). The van der Waals surface area contributed by atoms with Crippen LogP contribution in [0.1, 0.15) is 38.5 Å². The number of carbonyl (C=O) groups is 2. The molecule has 2 aliphatic heterocycles. The van der Waals surface area contributed by atoms with Crippen LogP contribution >= 0.6 is 11.8 Å². The average Bonchev–Trinajstić information content (AvgIpc) is 2.89. The lowest BCUT2D eigenvalue weighted by molar-refractivity contribution is -0.143. The molecule has 3 fully saturated rings. The van der Waals surface area contributed by atoms with Crippen LogP contribution < -0.4 is 0 Å². The van der Waals surface area contributed by atoms with Crippen LogP contribution in [0.15, 0.2) is 0 Å². The molecule has 2 unspecified atom stereocenters. The Hall–Kier alpha value is -0.750. The van der Waals surface area contributed by atoms with Gasteiger partial charge in [0, 0.05) is 44.3 Å². The van der Waals surface area contributed by atoms with E-state index in [1.165, 1.54) is 11.8 Å². The molecule has 1 aliphatic carbocycles. The predicted molar refractivity (Wildman–Crippen MR) is 82.1 cm³/mol. The van der Waals surface area contributed by atoms with E-state index in [0.717, 1.165) is 38.0 Å². The molecule has 2 saturated heterocycles. The number of amides is 2. The summed E-state index contributed by atoms with van der Waals surface area (Å²) in [7, 11) is 0. The Kier molecular flexibility index (Phi) is 4.45. The van der Waals surface area contributed by atoms with Crippen LogP contribution in [0.2, 0.25) is 0 Å². The first-order valence-corrected chi connectivity index (χ1v) is 8.99. The molecule has 0 aromatic carbocycles. The van der Waals surface area contributed by atoms with Gasteiger partial charge in [0.15, 0.2) is 0 Å². The van der Waals surface area contributed by atoms with Crippen LogP contribution in [0.3, 0.4) is 0 Å². The summed E-state index contributed by atoms with van der Waals surface area (Å²) in [4.78, 5) is 27.5. The molecule has 0 aromatic rings. The third-order valence-corrected chi connectivity index (χ3v) is 6.11. The second-order valence-corrected chi connectivity index (χ2v) is 7.53. The van der Waals surface area contributed by atoms with Crippen LogP contribution in [0.25, 0.3) is 0 Å². The number of fused-ring (bicyclic) bond motifs is 1.